The standard InChI is InChI=1S/C15H28N2/c1-12-3-4-13(9-12)10-17-8-2-7-16-15(11-17)14-5-6-14/h12-16H,2-11H2,1H3. The zero-order valence-electron chi connectivity index (χ0n) is 11.3. The van der Waals surface area contributed by atoms with Gasteiger partial charge in [-0.25, -0.2) is 0 Å². The van der Waals surface area contributed by atoms with Crippen LogP contribution in [0.15, 0.2) is 0 Å². The van der Waals surface area contributed by atoms with Gasteiger partial charge in [0.25, 0.3) is 0 Å². The maximum atomic E-state index is 3.77. The van der Waals surface area contributed by atoms with Crippen molar-refractivity contribution in [2.45, 2.75) is 51.5 Å². The van der Waals surface area contributed by atoms with E-state index in [0.717, 1.165) is 23.8 Å². The molecule has 1 heterocycles. The van der Waals surface area contributed by atoms with Crippen LogP contribution in [0.4, 0.5) is 0 Å². The summed E-state index contributed by atoms with van der Waals surface area (Å²) in [5.41, 5.74) is 0. The molecule has 0 radical (unpaired) electrons. The SMILES string of the molecule is CC1CCC(CN2CCCNC(C3CC3)C2)C1. The van der Waals surface area contributed by atoms with Crippen LogP contribution in [0.2, 0.25) is 0 Å². The van der Waals surface area contributed by atoms with E-state index < -0.39 is 0 Å². The average Bonchev–Trinajstić information content (AvgIpc) is 3.07. The van der Waals surface area contributed by atoms with Gasteiger partial charge in [-0.05, 0) is 62.9 Å². The first-order valence-electron chi connectivity index (χ1n) is 7.77. The van der Waals surface area contributed by atoms with Gasteiger partial charge in [0, 0.05) is 19.1 Å². The first-order valence-corrected chi connectivity index (χ1v) is 7.77. The second-order valence-corrected chi connectivity index (χ2v) is 6.80. The quantitative estimate of drug-likeness (QED) is 0.810. The summed E-state index contributed by atoms with van der Waals surface area (Å²) in [6.07, 6.45) is 8.75. The molecule has 2 nitrogen and oxygen atoms in total. The fourth-order valence-corrected chi connectivity index (χ4v) is 3.86. The van der Waals surface area contributed by atoms with E-state index in [2.05, 4.69) is 17.1 Å². The van der Waals surface area contributed by atoms with Gasteiger partial charge in [0.15, 0.2) is 0 Å². The zero-order chi connectivity index (χ0) is 11.7. The lowest BCUT2D eigenvalue weighted by molar-refractivity contribution is 0.219. The van der Waals surface area contributed by atoms with E-state index in [4.69, 9.17) is 0 Å². The van der Waals surface area contributed by atoms with E-state index in [9.17, 15) is 0 Å². The van der Waals surface area contributed by atoms with Crippen LogP contribution in [-0.2, 0) is 0 Å². The van der Waals surface area contributed by atoms with Crippen LogP contribution in [0.25, 0.3) is 0 Å². The molecule has 98 valence electrons. The summed E-state index contributed by atoms with van der Waals surface area (Å²) in [6.45, 7) is 7.72. The summed E-state index contributed by atoms with van der Waals surface area (Å²) in [5, 5.41) is 3.77. The van der Waals surface area contributed by atoms with Gasteiger partial charge in [-0.15, -0.1) is 0 Å². The van der Waals surface area contributed by atoms with Gasteiger partial charge >= 0.3 is 0 Å². The van der Waals surface area contributed by atoms with Crippen LogP contribution < -0.4 is 5.32 Å². The Kier molecular flexibility index (Phi) is 3.72. The van der Waals surface area contributed by atoms with Crippen molar-refractivity contribution in [3.63, 3.8) is 0 Å². The predicted octanol–water partition coefficient (Wildman–Crippen LogP) is 2.50. The summed E-state index contributed by atoms with van der Waals surface area (Å²) in [7, 11) is 0. The molecule has 3 rings (SSSR count). The van der Waals surface area contributed by atoms with Crippen LogP contribution in [0.1, 0.15) is 45.4 Å². The molecule has 0 aromatic heterocycles. The van der Waals surface area contributed by atoms with Crippen molar-refractivity contribution in [1.29, 1.82) is 0 Å². The molecule has 3 fully saturated rings. The molecule has 3 unspecified atom stereocenters. The first kappa shape index (κ1) is 12.0. The highest BCUT2D eigenvalue weighted by Crippen LogP contribution is 2.35. The van der Waals surface area contributed by atoms with Crippen molar-refractivity contribution < 1.29 is 0 Å². The molecular weight excluding hydrogens is 208 g/mol. The maximum absolute atomic E-state index is 3.77. The fraction of sp³-hybridized carbons (Fsp3) is 1.00. The zero-order valence-corrected chi connectivity index (χ0v) is 11.3. The second kappa shape index (κ2) is 5.27. The van der Waals surface area contributed by atoms with Crippen molar-refractivity contribution >= 4 is 0 Å². The Morgan fingerprint density at radius 3 is 2.76 bits per heavy atom. The minimum Gasteiger partial charge on any atom is -0.312 e. The van der Waals surface area contributed by atoms with Gasteiger partial charge in [-0.2, -0.15) is 0 Å². The number of rotatable bonds is 3. The Bertz CT molecular complexity index is 249. The van der Waals surface area contributed by atoms with Crippen molar-refractivity contribution in [3.8, 4) is 0 Å². The summed E-state index contributed by atoms with van der Waals surface area (Å²) in [4.78, 5) is 2.77. The van der Waals surface area contributed by atoms with Crippen molar-refractivity contribution in [2.75, 3.05) is 26.2 Å². The van der Waals surface area contributed by atoms with Gasteiger partial charge in [0.05, 0.1) is 0 Å². The van der Waals surface area contributed by atoms with Gasteiger partial charge in [0.1, 0.15) is 0 Å². The molecule has 3 aliphatic rings. The van der Waals surface area contributed by atoms with Crippen LogP contribution >= 0.6 is 0 Å². The Labute approximate surface area is 106 Å². The summed E-state index contributed by atoms with van der Waals surface area (Å²) in [6, 6.07) is 0.816. The molecule has 2 aliphatic carbocycles. The number of hydrogen-bond acceptors (Lipinski definition) is 2. The molecule has 1 saturated heterocycles. The number of nitrogens with zero attached hydrogens (tertiary/aromatic N) is 1. The Morgan fingerprint density at radius 2 is 2.06 bits per heavy atom. The second-order valence-electron chi connectivity index (χ2n) is 6.80. The molecular formula is C15H28N2. The van der Waals surface area contributed by atoms with E-state index in [1.54, 1.807) is 0 Å². The van der Waals surface area contributed by atoms with Crippen molar-refractivity contribution in [3.05, 3.63) is 0 Å². The Balaban J connectivity index is 1.50. The first-order chi connectivity index (χ1) is 8.31. The number of nitrogens with one attached hydrogen (secondary N) is 1. The molecule has 0 spiro atoms. The lowest BCUT2D eigenvalue weighted by Gasteiger charge is -2.27. The van der Waals surface area contributed by atoms with Gasteiger partial charge in [-0.1, -0.05) is 13.3 Å². The van der Waals surface area contributed by atoms with E-state index >= 15 is 0 Å². The molecule has 3 atom stereocenters. The topological polar surface area (TPSA) is 15.3 Å². The lowest BCUT2D eigenvalue weighted by Crippen LogP contribution is -2.40. The van der Waals surface area contributed by atoms with E-state index in [-0.39, 0.29) is 0 Å². The van der Waals surface area contributed by atoms with Crippen LogP contribution in [0.3, 0.4) is 0 Å². The molecule has 0 amide bonds. The van der Waals surface area contributed by atoms with Crippen LogP contribution in [-0.4, -0.2) is 37.1 Å². The number of hydrogen-bond donors (Lipinski definition) is 1. The maximum Gasteiger partial charge on any atom is 0.0223 e. The minimum atomic E-state index is 0.816. The third-order valence-corrected chi connectivity index (χ3v) is 5.02. The third-order valence-electron chi connectivity index (χ3n) is 5.02. The molecule has 0 aromatic carbocycles. The summed E-state index contributed by atoms with van der Waals surface area (Å²) < 4.78 is 0. The summed E-state index contributed by atoms with van der Waals surface area (Å²) in [5.74, 6) is 3.00. The van der Waals surface area contributed by atoms with E-state index in [1.165, 1.54) is 64.7 Å². The Morgan fingerprint density at radius 1 is 1.18 bits per heavy atom. The van der Waals surface area contributed by atoms with E-state index in [0.29, 0.717) is 0 Å². The normalized spacial score (nSPS) is 40.4. The molecule has 2 saturated carbocycles. The molecule has 0 bridgehead atoms. The van der Waals surface area contributed by atoms with Gasteiger partial charge in [0.2, 0.25) is 0 Å². The van der Waals surface area contributed by atoms with Gasteiger partial charge < -0.3 is 10.2 Å². The Hall–Kier alpha value is -0.0800. The minimum absolute atomic E-state index is 0.816. The van der Waals surface area contributed by atoms with Crippen molar-refractivity contribution in [2.24, 2.45) is 17.8 Å². The fourth-order valence-electron chi connectivity index (χ4n) is 3.86. The summed E-state index contributed by atoms with van der Waals surface area (Å²) >= 11 is 0. The molecule has 1 aliphatic heterocycles. The van der Waals surface area contributed by atoms with Crippen LogP contribution in [0, 0.1) is 17.8 Å². The van der Waals surface area contributed by atoms with Crippen LogP contribution in [0.5, 0.6) is 0 Å². The predicted molar refractivity (Wildman–Crippen MR) is 72.1 cm³/mol. The average molecular weight is 236 g/mol. The smallest absolute Gasteiger partial charge is 0.0223 e. The van der Waals surface area contributed by atoms with E-state index in [1.807, 2.05) is 0 Å². The highest BCUT2D eigenvalue weighted by atomic mass is 15.2. The molecule has 2 heteroatoms. The molecule has 17 heavy (non-hydrogen) atoms. The highest BCUT2D eigenvalue weighted by molar-refractivity contribution is 4.90. The monoisotopic (exact) mass is 236 g/mol. The molecule has 1 N–H and O–H groups in total. The van der Waals surface area contributed by atoms with Crippen molar-refractivity contribution in [1.82, 2.24) is 10.2 Å². The largest absolute Gasteiger partial charge is 0.312 e. The lowest BCUT2D eigenvalue weighted by atomic mass is 10.0. The van der Waals surface area contributed by atoms with Gasteiger partial charge in [-0.3, -0.25) is 0 Å². The highest BCUT2D eigenvalue weighted by Gasteiger charge is 2.33. The third kappa shape index (κ3) is 3.23. The molecule has 0 aromatic rings.